The molecule has 0 atom stereocenters. The fraction of sp³-hybridized carbons (Fsp3) is 0.429. The molecule has 9 nitrogen and oxygen atoms in total. The van der Waals surface area contributed by atoms with Gasteiger partial charge in [0.05, 0.1) is 22.5 Å². The Balaban J connectivity index is 1.42. The summed E-state index contributed by atoms with van der Waals surface area (Å²) in [7, 11) is 1.75. The zero-order chi connectivity index (χ0) is 31.9. The number of rotatable bonds is 9. The van der Waals surface area contributed by atoms with Crippen LogP contribution in [0.4, 0.5) is 11.4 Å². The Hall–Kier alpha value is -4.24. The van der Waals surface area contributed by atoms with E-state index in [1.165, 1.54) is 0 Å². The van der Waals surface area contributed by atoms with E-state index in [1.54, 1.807) is 30.7 Å². The summed E-state index contributed by atoms with van der Waals surface area (Å²) in [6.07, 6.45) is 2.53. The van der Waals surface area contributed by atoms with Crippen LogP contribution in [0, 0.1) is 33.1 Å². The monoisotopic (exact) mass is 597 g/mol. The average molecular weight is 598 g/mol. The summed E-state index contributed by atoms with van der Waals surface area (Å²) in [5, 5.41) is 0.645. The lowest BCUT2D eigenvalue weighted by molar-refractivity contribution is -0.137. The number of carbonyl (C=O) groups is 2. The van der Waals surface area contributed by atoms with Gasteiger partial charge in [-0.05, 0) is 84.2 Å². The number of nitrogens with zero attached hydrogens (tertiary/aromatic N) is 5. The minimum absolute atomic E-state index is 0.0280. The van der Waals surface area contributed by atoms with Gasteiger partial charge in [0.15, 0.2) is 0 Å². The van der Waals surface area contributed by atoms with Gasteiger partial charge in [-0.15, -0.1) is 0 Å². The van der Waals surface area contributed by atoms with Crippen molar-refractivity contribution in [3.63, 3.8) is 0 Å². The number of furan rings is 1. The van der Waals surface area contributed by atoms with Crippen LogP contribution in [0.3, 0.4) is 0 Å². The van der Waals surface area contributed by atoms with E-state index in [2.05, 4.69) is 22.9 Å². The topological polar surface area (TPSA) is 91.9 Å². The maximum absolute atomic E-state index is 13.5. The molecule has 9 heteroatoms. The molecule has 3 aromatic heterocycles. The zero-order valence-electron chi connectivity index (χ0n) is 27.2. The molecule has 0 unspecified atom stereocenters. The Kier molecular flexibility index (Phi) is 8.53. The second-order valence-electron chi connectivity index (χ2n) is 12.4. The Morgan fingerprint density at radius 3 is 2.41 bits per heavy atom. The van der Waals surface area contributed by atoms with Crippen molar-refractivity contribution >= 4 is 34.2 Å². The number of pyridine rings is 2. The molecule has 0 aliphatic carbocycles. The average Bonchev–Trinajstić information content (AvgIpc) is 3.26. The SMILES string of the molecule is CCN1C(=O)C(C)(C)C(=O)N(C)c2cc(CCN(CCn3c(C)cc4oc(C)c(C)c4c3=O)Cc3ncccc3C)ccc21. The number of fused-ring (bicyclic) bond motifs is 2. The Bertz CT molecular complexity index is 1800. The second-order valence-corrected chi connectivity index (χ2v) is 12.4. The first-order chi connectivity index (χ1) is 20.8. The first-order valence-corrected chi connectivity index (χ1v) is 15.3. The molecule has 1 aliphatic rings. The highest BCUT2D eigenvalue weighted by Crippen LogP contribution is 2.38. The number of hydrogen-bond donors (Lipinski definition) is 0. The highest BCUT2D eigenvalue weighted by Gasteiger charge is 2.45. The van der Waals surface area contributed by atoms with Crippen molar-refractivity contribution in [2.24, 2.45) is 5.41 Å². The predicted molar refractivity (Wildman–Crippen MR) is 174 cm³/mol. The first-order valence-electron chi connectivity index (χ1n) is 15.3. The first kappa shape index (κ1) is 31.2. The fourth-order valence-electron chi connectivity index (χ4n) is 6.16. The lowest BCUT2D eigenvalue weighted by atomic mass is 9.90. The molecule has 0 N–H and O–H groups in total. The number of benzene rings is 1. The third-order valence-electron chi connectivity index (χ3n) is 9.11. The summed E-state index contributed by atoms with van der Waals surface area (Å²) in [4.78, 5) is 50.4. The lowest BCUT2D eigenvalue weighted by Crippen LogP contribution is -2.47. The van der Waals surface area contributed by atoms with Gasteiger partial charge in [0.25, 0.3) is 5.56 Å². The van der Waals surface area contributed by atoms with Crippen molar-refractivity contribution in [3.05, 3.63) is 86.8 Å². The second kappa shape index (κ2) is 12.0. The number of aromatic nitrogens is 2. The van der Waals surface area contributed by atoms with Crippen molar-refractivity contribution in [3.8, 4) is 0 Å². The molecule has 4 aromatic rings. The van der Waals surface area contributed by atoms with Crippen molar-refractivity contribution in [2.75, 3.05) is 36.5 Å². The summed E-state index contributed by atoms with van der Waals surface area (Å²) < 4.78 is 7.67. The molecule has 0 bridgehead atoms. The third-order valence-corrected chi connectivity index (χ3v) is 9.11. The van der Waals surface area contributed by atoms with Gasteiger partial charge in [0.2, 0.25) is 11.8 Å². The van der Waals surface area contributed by atoms with Crippen LogP contribution >= 0.6 is 0 Å². The molecule has 0 radical (unpaired) electrons. The van der Waals surface area contributed by atoms with Crippen LogP contribution < -0.4 is 15.4 Å². The maximum Gasteiger partial charge on any atom is 0.262 e. The van der Waals surface area contributed by atoms with Crippen molar-refractivity contribution in [1.82, 2.24) is 14.5 Å². The maximum atomic E-state index is 13.5. The van der Waals surface area contributed by atoms with Crippen molar-refractivity contribution < 1.29 is 14.0 Å². The van der Waals surface area contributed by atoms with E-state index < -0.39 is 5.41 Å². The van der Waals surface area contributed by atoms with E-state index in [-0.39, 0.29) is 17.4 Å². The smallest absolute Gasteiger partial charge is 0.262 e. The van der Waals surface area contributed by atoms with Gasteiger partial charge in [-0.3, -0.25) is 24.3 Å². The van der Waals surface area contributed by atoms with Gasteiger partial charge in [0.1, 0.15) is 16.8 Å². The van der Waals surface area contributed by atoms with Gasteiger partial charge in [-0.25, -0.2) is 0 Å². The highest BCUT2D eigenvalue weighted by atomic mass is 16.3. The van der Waals surface area contributed by atoms with Crippen molar-refractivity contribution in [2.45, 2.75) is 68.0 Å². The normalized spacial score (nSPS) is 14.9. The summed E-state index contributed by atoms with van der Waals surface area (Å²) in [5.74, 6) is 0.360. The zero-order valence-corrected chi connectivity index (χ0v) is 27.2. The van der Waals surface area contributed by atoms with Gasteiger partial charge in [0, 0.05) is 63.3 Å². The summed E-state index contributed by atoms with van der Waals surface area (Å²) in [5.41, 5.74) is 5.88. The van der Waals surface area contributed by atoms with Crippen LogP contribution in [-0.4, -0.2) is 52.9 Å². The third kappa shape index (κ3) is 5.56. The fourth-order valence-corrected chi connectivity index (χ4v) is 6.16. The molecular formula is C35H43N5O4. The summed E-state index contributed by atoms with van der Waals surface area (Å²) in [6.45, 7) is 16.2. The molecule has 5 rings (SSSR count). The van der Waals surface area contributed by atoms with Crippen LogP contribution in [0.2, 0.25) is 0 Å². The molecule has 232 valence electrons. The van der Waals surface area contributed by atoms with Gasteiger partial charge < -0.3 is 18.8 Å². The van der Waals surface area contributed by atoms with Crippen LogP contribution in [0.5, 0.6) is 0 Å². The molecule has 44 heavy (non-hydrogen) atoms. The van der Waals surface area contributed by atoms with E-state index in [0.29, 0.717) is 43.7 Å². The molecule has 2 amide bonds. The van der Waals surface area contributed by atoms with Crippen LogP contribution in [0.1, 0.15) is 54.6 Å². The lowest BCUT2D eigenvalue weighted by Gasteiger charge is -2.27. The van der Waals surface area contributed by atoms with E-state index >= 15 is 0 Å². The standard InChI is InChI=1S/C35H43N5O4/c1-9-39-28-13-12-26(20-29(28)37(8)33(42)35(6,7)34(39)43)14-16-38(21-27-22(2)11-10-15-36-27)17-18-40-23(3)19-30-31(32(40)41)24(4)25(5)44-30/h10-13,15,19-20H,9,14,16-18,21H2,1-8H3. The summed E-state index contributed by atoms with van der Waals surface area (Å²) >= 11 is 0. The minimum atomic E-state index is -1.14. The summed E-state index contributed by atoms with van der Waals surface area (Å²) in [6, 6.07) is 12.0. The molecule has 1 aromatic carbocycles. The van der Waals surface area contributed by atoms with E-state index in [1.807, 2.05) is 68.8 Å². The van der Waals surface area contributed by atoms with Crippen LogP contribution in [0.15, 0.2) is 51.8 Å². The molecule has 0 saturated carbocycles. The number of anilines is 2. The minimum Gasteiger partial charge on any atom is -0.461 e. The quantitative estimate of drug-likeness (QED) is 0.243. The highest BCUT2D eigenvalue weighted by molar-refractivity contribution is 6.19. The van der Waals surface area contributed by atoms with E-state index in [9.17, 15) is 14.4 Å². The molecule has 0 fully saturated rings. The Labute approximate surface area is 259 Å². The molecule has 1 aliphatic heterocycles. The van der Waals surface area contributed by atoms with Crippen molar-refractivity contribution in [1.29, 1.82) is 0 Å². The van der Waals surface area contributed by atoms with Gasteiger partial charge in [-0.2, -0.15) is 0 Å². The van der Waals surface area contributed by atoms with E-state index in [4.69, 9.17) is 4.42 Å². The van der Waals surface area contributed by atoms with Gasteiger partial charge in [-0.1, -0.05) is 12.1 Å². The molecule has 0 spiro atoms. The number of amides is 2. The Morgan fingerprint density at radius 2 is 1.70 bits per heavy atom. The van der Waals surface area contributed by atoms with Gasteiger partial charge >= 0.3 is 0 Å². The number of aryl methyl sites for hydroxylation is 4. The number of hydrogen-bond acceptors (Lipinski definition) is 6. The number of carbonyl (C=O) groups excluding carboxylic acids is 2. The van der Waals surface area contributed by atoms with Crippen LogP contribution in [0.25, 0.3) is 11.0 Å². The predicted octanol–water partition coefficient (Wildman–Crippen LogP) is 5.32. The Morgan fingerprint density at radius 1 is 0.955 bits per heavy atom. The van der Waals surface area contributed by atoms with Crippen LogP contribution in [-0.2, 0) is 29.1 Å². The molecule has 0 saturated heterocycles. The molecular weight excluding hydrogens is 554 g/mol. The largest absolute Gasteiger partial charge is 0.461 e. The van der Waals surface area contributed by atoms with E-state index in [0.717, 1.165) is 51.6 Å². The molecule has 4 heterocycles.